The first kappa shape index (κ1) is 6.34. The maximum atomic E-state index is 9.41. The normalized spacial score (nSPS) is 17.3. The van der Waals surface area contributed by atoms with Gasteiger partial charge in [0.1, 0.15) is 6.10 Å². The molecule has 0 saturated carbocycles. The first-order chi connectivity index (χ1) is 5.30. The van der Waals surface area contributed by atoms with Gasteiger partial charge in [0.15, 0.2) is 0 Å². The summed E-state index contributed by atoms with van der Waals surface area (Å²) < 4.78 is 13.9. The molecule has 0 radical (unpaired) electrons. The zero-order valence-corrected chi connectivity index (χ0v) is 6.38. The van der Waals surface area contributed by atoms with Crippen molar-refractivity contribution in [2.75, 3.05) is 0 Å². The fraction of sp³-hybridized carbons (Fsp3) is 0.714. The van der Waals surface area contributed by atoms with Gasteiger partial charge in [-0.1, -0.05) is 6.53 Å². The van der Waals surface area contributed by atoms with Crippen LogP contribution in [-0.2, 0) is 4.89 Å². The van der Waals surface area contributed by atoms with Crippen LogP contribution in [-0.4, -0.2) is 22.1 Å². The van der Waals surface area contributed by atoms with Crippen molar-refractivity contribution in [3.05, 3.63) is 12.1 Å². The van der Waals surface area contributed by atoms with Crippen molar-refractivity contribution in [3.63, 3.8) is 0 Å². The standard InChI is InChI=1S/C7H14O3/c1-5(2)6(10-9)7(3,4)8/h6,8-9H,1H2,2-4H3/t6-/m0/s1/i1D2. The van der Waals surface area contributed by atoms with E-state index in [9.17, 15) is 5.11 Å². The van der Waals surface area contributed by atoms with Crippen LogP contribution >= 0.6 is 0 Å². The van der Waals surface area contributed by atoms with Gasteiger partial charge in [0.2, 0.25) is 0 Å². The topological polar surface area (TPSA) is 49.7 Å². The summed E-state index contributed by atoms with van der Waals surface area (Å²) in [5.74, 6) is 0. The minimum atomic E-state index is -1.30. The molecular weight excluding hydrogens is 132 g/mol. The number of aliphatic hydroxyl groups is 1. The van der Waals surface area contributed by atoms with Gasteiger partial charge >= 0.3 is 0 Å². The first-order valence-electron chi connectivity index (χ1n) is 3.97. The summed E-state index contributed by atoms with van der Waals surface area (Å²) in [6.45, 7) is 3.85. The Bertz CT molecular complexity index is 180. The lowest BCUT2D eigenvalue weighted by Gasteiger charge is -2.26. The Hall–Kier alpha value is -0.380. The van der Waals surface area contributed by atoms with E-state index in [1.54, 1.807) is 0 Å². The molecule has 0 aliphatic heterocycles. The van der Waals surface area contributed by atoms with E-state index in [0.29, 0.717) is 0 Å². The number of hydrogen-bond donors (Lipinski definition) is 2. The summed E-state index contributed by atoms with van der Waals surface area (Å²) in [5.41, 5.74) is -1.11. The highest BCUT2D eigenvalue weighted by atomic mass is 17.1. The molecule has 2 N–H and O–H groups in total. The van der Waals surface area contributed by atoms with Gasteiger partial charge in [-0.25, -0.2) is 4.89 Å². The van der Waals surface area contributed by atoms with E-state index >= 15 is 0 Å². The largest absolute Gasteiger partial charge is 0.387 e. The molecule has 0 saturated heterocycles. The maximum Gasteiger partial charge on any atom is 0.141 e. The maximum absolute atomic E-state index is 9.41. The van der Waals surface area contributed by atoms with Crippen molar-refractivity contribution in [2.24, 2.45) is 0 Å². The molecule has 3 heteroatoms. The third-order valence-electron chi connectivity index (χ3n) is 1.14. The molecule has 0 aromatic carbocycles. The molecule has 0 aromatic rings. The molecule has 0 fully saturated rings. The average Bonchev–Trinajstić information content (AvgIpc) is 1.85. The summed E-state index contributed by atoms with van der Waals surface area (Å²) in [5, 5.41) is 17.8. The second-order valence-electron chi connectivity index (χ2n) is 2.82. The van der Waals surface area contributed by atoms with Crippen LogP contribution in [0.1, 0.15) is 23.5 Å². The lowest BCUT2D eigenvalue weighted by Crippen LogP contribution is -2.38. The van der Waals surface area contributed by atoms with Crippen LogP contribution in [0.15, 0.2) is 12.1 Å². The molecule has 0 spiro atoms. The fourth-order valence-corrected chi connectivity index (χ4v) is 0.738. The highest BCUT2D eigenvalue weighted by molar-refractivity contribution is 5.04. The number of rotatable bonds is 3. The van der Waals surface area contributed by atoms with Crippen molar-refractivity contribution >= 4 is 0 Å². The molecule has 0 bridgehead atoms. The SMILES string of the molecule is [2H]C([2H])=C(C)[C@H](OO)C(C)(C)O. The first-order valence-corrected chi connectivity index (χ1v) is 2.97. The second kappa shape index (κ2) is 3.14. The van der Waals surface area contributed by atoms with E-state index in [2.05, 4.69) is 4.89 Å². The zero-order chi connectivity index (χ0) is 9.94. The molecule has 0 aliphatic rings. The Kier molecular flexibility index (Phi) is 1.99. The Balaban J connectivity index is 4.70. The van der Waals surface area contributed by atoms with E-state index in [1.807, 2.05) is 0 Å². The summed E-state index contributed by atoms with van der Waals surface area (Å²) in [6.07, 6.45) is -1.03. The quantitative estimate of drug-likeness (QED) is 0.359. The summed E-state index contributed by atoms with van der Waals surface area (Å²) in [4.78, 5) is 3.99. The van der Waals surface area contributed by atoms with Gasteiger partial charge in [0, 0.05) is 0 Å². The molecule has 0 aliphatic carbocycles. The van der Waals surface area contributed by atoms with Crippen molar-refractivity contribution in [1.29, 1.82) is 0 Å². The Morgan fingerprint density at radius 1 is 1.80 bits per heavy atom. The van der Waals surface area contributed by atoms with Gasteiger partial charge < -0.3 is 5.11 Å². The third-order valence-corrected chi connectivity index (χ3v) is 1.14. The van der Waals surface area contributed by atoms with Gasteiger partial charge in [-0.2, -0.15) is 0 Å². The van der Waals surface area contributed by atoms with Gasteiger partial charge in [0.25, 0.3) is 0 Å². The lowest BCUT2D eigenvalue weighted by molar-refractivity contribution is -0.298. The zero-order valence-electron chi connectivity index (χ0n) is 8.38. The number of hydrogen-bond acceptors (Lipinski definition) is 3. The molecule has 0 heterocycles. The van der Waals surface area contributed by atoms with Gasteiger partial charge in [-0.05, 0) is 26.3 Å². The molecule has 1 atom stereocenters. The van der Waals surface area contributed by atoms with Crippen molar-refractivity contribution in [1.82, 2.24) is 0 Å². The highest BCUT2D eigenvalue weighted by Crippen LogP contribution is 2.17. The Morgan fingerprint density at radius 2 is 2.30 bits per heavy atom. The van der Waals surface area contributed by atoms with E-state index in [1.165, 1.54) is 20.8 Å². The Morgan fingerprint density at radius 3 is 2.40 bits per heavy atom. The second-order valence-corrected chi connectivity index (χ2v) is 2.82. The highest BCUT2D eigenvalue weighted by Gasteiger charge is 2.28. The van der Waals surface area contributed by atoms with E-state index in [0.717, 1.165) is 0 Å². The summed E-state index contributed by atoms with van der Waals surface area (Å²) in [7, 11) is 0. The lowest BCUT2D eigenvalue weighted by atomic mass is 9.97. The smallest absolute Gasteiger partial charge is 0.141 e. The molecule has 10 heavy (non-hydrogen) atoms. The minimum Gasteiger partial charge on any atom is -0.387 e. The summed E-state index contributed by atoms with van der Waals surface area (Å²) in [6, 6.07) is 0. The molecule has 0 rings (SSSR count). The minimum absolute atomic E-state index is 0.185. The van der Waals surface area contributed by atoms with Crippen molar-refractivity contribution < 1.29 is 18.0 Å². The van der Waals surface area contributed by atoms with Crippen LogP contribution in [0, 0.1) is 0 Å². The molecular formula is C7H14O3. The van der Waals surface area contributed by atoms with Gasteiger partial charge in [0.05, 0.1) is 8.34 Å². The third kappa shape index (κ3) is 2.47. The molecule has 60 valence electrons. The Labute approximate surface area is 63.7 Å². The van der Waals surface area contributed by atoms with E-state index < -0.39 is 18.2 Å². The van der Waals surface area contributed by atoms with Crippen LogP contribution in [0.3, 0.4) is 0 Å². The van der Waals surface area contributed by atoms with Gasteiger partial charge in [-0.3, -0.25) is 5.26 Å². The predicted molar refractivity (Wildman–Crippen MR) is 38.6 cm³/mol. The van der Waals surface area contributed by atoms with Crippen LogP contribution < -0.4 is 0 Å². The van der Waals surface area contributed by atoms with Crippen LogP contribution in [0.2, 0.25) is 0 Å². The van der Waals surface area contributed by atoms with Crippen LogP contribution in [0.4, 0.5) is 0 Å². The predicted octanol–water partition coefficient (Wildman–Crippen LogP) is 1.19. The van der Waals surface area contributed by atoms with Gasteiger partial charge in [-0.15, -0.1) is 0 Å². The van der Waals surface area contributed by atoms with Crippen LogP contribution in [0.5, 0.6) is 0 Å². The average molecular weight is 148 g/mol. The molecule has 0 unspecified atom stereocenters. The fourth-order valence-electron chi connectivity index (χ4n) is 0.738. The molecule has 3 nitrogen and oxygen atoms in total. The van der Waals surface area contributed by atoms with Crippen LogP contribution in [0.25, 0.3) is 0 Å². The molecule has 0 amide bonds. The van der Waals surface area contributed by atoms with Crippen molar-refractivity contribution in [3.8, 4) is 0 Å². The monoisotopic (exact) mass is 148 g/mol. The summed E-state index contributed by atoms with van der Waals surface area (Å²) >= 11 is 0. The molecule has 0 aromatic heterocycles. The van der Waals surface area contributed by atoms with E-state index in [4.69, 9.17) is 8.00 Å². The van der Waals surface area contributed by atoms with Crippen molar-refractivity contribution in [2.45, 2.75) is 32.5 Å². The van der Waals surface area contributed by atoms with E-state index in [-0.39, 0.29) is 5.57 Å².